The van der Waals surface area contributed by atoms with Crippen LogP contribution in [0.25, 0.3) is 16.8 Å². The van der Waals surface area contributed by atoms with Crippen LogP contribution in [0.15, 0.2) is 63.9 Å². The van der Waals surface area contributed by atoms with Gasteiger partial charge in [0.2, 0.25) is 5.91 Å². The van der Waals surface area contributed by atoms with E-state index in [0.717, 1.165) is 6.07 Å². The van der Waals surface area contributed by atoms with Crippen molar-refractivity contribution < 1.29 is 24.0 Å². The third-order valence-corrected chi connectivity index (χ3v) is 4.89. The maximum Gasteiger partial charge on any atom is 0.419 e. The zero-order valence-electron chi connectivity index (χ0n) is 17.5. The highest BCUT2D eigenvalue weighted by atomic mass is 16.6. The number of benzene rings is 2. The number of oxazole rings is 1. The lowest BCUT2D eigenvalue weighted by molar-refractivity contribution is -0.384. The summed E-state index contributed by atoms with van der Waals surface area (Å²) in [5, 5.41) is 24.9. The summed E-state index contributed by atoms with van der Waals surface area (Å²) in [6.07, 6.45) is 1.45. The highest BCUT2D eigenvalue weighted by Crippen LogP contribution is 2.20. The summed E-state index contributed by atoms with van der Waals surface area (Å²) in [5.41, 5.74) is 5.01. The molecule has 2 aromatic carbocycles. The summed E-state index contributed by atoms with van der Waals surface area (Å²) in [4.78, 5) is 46.7. The number of nitro benzene ring substituents is 1. The zero-order chi connectivity index (χ0) is 24.2. The molecule has 0 aliphatic heterocycles. The van der Waals surface area contributed by atoms with E-state index in [4.69, 9.17) is 4.42 Å². The van der Waals surface area contributed by atoms with Crippen molar-refractivity contribution in [3.63, 3.8) is 0 Å². The topological polar surface area (TPSA) is 175 Å². The van der Waals surface area contributed by atoms with Gasteiger partial charge in [0, 0.05) is 19.0 Å². The lowest BCUT2D eigenvalue weighted by Crippen LogP contribution is -2.41. The van der Waals surface area contributed by atoms with Crippen LogP contribution in [0.4, 0.5) is 5.69 Å². The summed E-state index contributed by atoms with van der Waals surface area (Å²) in [5.74, 6) is -2.40. The molecule has 0 saturated heterocycles. The SMILES string of the molecule is O=C(CCCn1c(=O)oc2cc([N+](=O)[O-])ccc21)NNC(=O)c1nn(-c2ccccc2)cc1O. The first kappa shape index (κ1) is 22.3. The van der Waals surface area contributed by atoms with Gasteiger partial charge in [0.05, 0.1) is 28.4 Å². The number of amides is 2. The number of non-ortho nitro benzene ring substituents is 1. The van der Waals surface area contributed by atoms with Gasteiger partial charge in [0.25, 0.3) is 11.6 Å². The minimum Gasteiger partial charge on any atom is -0.504 e. The Kier molecular flexibility index (Phi) is 6.07. The highest BCUT2D eigenvalue weighted by Gasteiger charge is 2.18. The minimum absolute atomic E-state index is 0.0448. The quantitative estimate of drug-likeness (QED) is 0.272. The molecule has 0 unspecified atom stereocenters. The van der Waals surface area contributed by atoms with E-state index >= 15 is 0 Å². The van der Waals surface area contributed by atoms with Crippen molar-refractivity contribution in [1.29, 1.82) is 0 Å². The van der Waals surface area contributed by atoms with Crippen LogP contribution in [-0.4, -0.2) is 36.2 Å². The average molecular weight is 466 g/mol. The summed E-state index contributed by atoms with van der Waals surface area (Å²) in [7, 11) is 0. The number of rotatable bonds is 7. The first-order valence-electron chi connectivity index (χ1n) is 10.0. The zero-order valence-corrected chi connectivity index (χ0v) is 17.5. The predicted octanol–water partition coefficient (Wildman–Crippen LogP) is 1.64. The van der Waals surface area contributed by atoms with E-state index in [0.29, 0.717) is 11.2 Å². The summed E-state index contributed by atoms with van der Waals surface area (Å²) >= 11 is 0. The number of nitrogens with zero attached hydrogens (tertiary/aromatic N) is 4. The normalized spacial score (nSPS) is 10.8. The van der Waals surface area contributed by atoms with Gasteiger partial charge >= 0.3 is 5.76 Å². The second kappa shape index (κ2) is 9.28. The van der Waals surface area contributed by atoms with Crippen molar-refractivity contribution in [1.82, 2.24) is 25.2 Å². The van der Waals surface area contributed by atoms with E-state index < -0.39 is 22.5 Å². The number of nitro groups is 1. The van der Waals surface area contributed by atoms with Gasteiger partial charge in [-0.25, -0.2) is 9.48 Å². The Labute approximate surface area is 190 Å². The molecule has 0 atom stereocenters. The Hall–Kier alpha value is -4.94. The van der Waals surface area contributed by atoms with Crippen molar-refractivity contribution in [2.45, 2.75) is 19.4 Å². The van der Waals surface area contributed by atoms with E-state index in [1.807, 2.05) is 6.07 Å². The second-order valence-electron chi connectivity index (χ2n) is 7.18. The van der Waals surface area contributed by atoms with E-state index in [1.54, 1.807) is 24.3 Å². The fourth-order valence-corrected chi connectivity index (χ4v) is 3.27. The number of para-hydroxylation sites is 1. The molecule has 2 aromatic heterocycles. The Bertz CT molecular complexity index is 1440. The number of hydrogen-bond donors (Lipinski definition) is 3. The van der Waals surface area contributed by atoms with E-state index in [9.17, 15) is 29.6 Å². The maximum absolute atomic E-state index is 12.3. The third-order valence-electron chi connectivity index (χ3n) is 4.89. The number of carbonyl (C=O) groups is 2. The van der Waals surface area contributed by atoms with Gasteiger partial charge in [-0.15, -0.1) is 0 Å². The molecule has 0 aliphatic carbocycles. The fraction of sp³-hybridized carbons (Fsp3) is 0.143. The third kappa shape index (κ3) is 4.62. The molecule has 174 valence electrons. The van der Waals surface area contributed by atoms with E-state index in [-0.39, 0.29) is 42.1 Å². The molecule has 0 bridgehead atoms. The van der Waals surface area contributed by atoms with Crippen LogP contribution in [0, 0.1) is 10.1 Å². The average Bonchev–Trinajstić information content (AvgIpc) is 3.37. The molecular weight excluding hydrogens is 448 g/mol. The van der Waals surface area contributed by atoms with Crippen LogP contribution >= 0.6 is 0 Å². The van der Waals surface area contributed by atoms with Crippen molar-refractivity contribution >= 4 is 28.6 Å². The van der Waals surface area contributed by atoms with Gasteiger partial charge in [-0.2, -0.15) is 5.10 Å². The van der Waals surface area contributed by atoms with Crippen LogP contribution < -0.4 is 16.6 Å². The summed E-state index contributed by atoms with van der Waals surface area (Å²) < 4.78 is 7.62. The molecule has 0 radical (unpaired) electrons. The van der Waals surface area contributed by atoms with Gasteiger partial charge in [0.1, 0.15) is 0 Å². The molecule has 0 saturated carbocycles. The Morgan fingerprint density at radius 1 is 1.15 bits per heavy atom. The van der Waals surface area contributed by atoms with Crippen molar-refractivity contribution in [3.05, 3.63) is 81.1 Å². The number of aryl methyl sites for hydroxylation is 1. The van der Waals surface area contributed by atoms with E-state index in [1.165, 1.54) is 27.6 Å². The number of fused-ring (bicyclic) bond motifs is 1. The highest BCUT2D eigenvalue weighted by molar-refractivity contribution is 5.95. The van der Waals surface area contributed by atoms with Crippen LogP contribution in [-0.2, 0) is 11.3 Å². The monoisotopic (exact) mass is 466 g/mol. The van der Waals surface area contributed by atoms with Gasteiger partial charge in [-0.3, -0.25) is 35.1 Å². The number of hydrogen-bond acceptors (Lipinski definition) is 8. The standard InChI is InChI=1S/C21H18N6O7/c28-16-12-26(13-5-2-1-3-6-13)24-19(16)20(30)23-22-18(29)7-4-10-25-15-9-8-14(27(32)33)11-17(15)34-21(25)31/h1-3,5-6,8-9,11-12,28H,4,7,10H2,(H,22,29)(H,23,30). The molecule has 4 aromatic rings. The van der Waals surface area contributed by atoms with Gasteiger partial charge in [-0.05, 0) is 24.6 Å². The molecule has 13 heteroatoms. The predicted molar refractivity (Wildman–Crippen MR) is 117 cm³/mol. The number of carbonyl (C=O) groups excluding carboxylic acids is 2. The van der Waals surface area contributed by atoms with Crippen LogP contribution in [0.2, 0.25) is 0 Å². The van der Waals surface area contributed by atoms with Crippen molar-refractivity contribution in [2.24, 2.45) is 0 Å². The van der Waals surface area contributed by atoms with Gasteiger partial charge in [-0.1, -0.05) is 18.2 Å². The van der Waals surface area contributed by atoms with Gasteiger partial charge in [0.15, 0.2) is 17.0 Å². The largest absolute Gasteiger partial charge is 0.504 e. The molecule has 2 amide bonds. The number of aromatic nitrogens is 3. The molecular formula is C21H18N6O7. The Morgan fingerprint density at radius 2 is 1.91 bits per heavy atom. The number of nitrogens with one attached hydrogen (secondary N) is 2. The van der Waals surface area contributed by atoms with Crippen molar-refractivity contribution in [3.8, 4) is 11.4 Å². The first-order chi connectivity index (χ1) is 16.3. The Morgan fingerprint density at radius 3 is 2.65 bits per heavy atom. The molecule has 0 spiro atoms. The van der Waals surface area contributed by atoms with Crippen LogP contribution in [0.5, 0.6) is 5.75 Å². The second-order valence-corrected chi connectivity index (χ2v) is 7.18. The molecule has 3 N–H and O–H groups in total. The minimum atomic E-state index is -0.806. The lowest BCUT2D eigenvalue weighted by atomic mass is 10.2. The maximum atomic E-state index is 12.3. The smallest absolute Gasteiger partial charge is 0.419 e. The molecule has 34 heavy (non-hydrogen) atoms. The lowest BCUT2D eigenvalue weighted by Gasteiger charge is -2.06. The molecule has 13 nitrogen and oxygen atoms in total. The fourth-order valence-electron chi connectivity index (χ4n) is 3.27. The van der Waals surface area contributed by atoms with Crippen LogP contribution in [0.3, 0.4) is 0 Å². The number of hydrazine groups is 1. The van der Waals surface area contributed by atoms with Crippen LogP contribution in [0.1, 0.15) is 23.3 Å². The number of aromatic hydroxyl groups is 1. The van der Waals surface area contributed by atoms with E-state index in [2.05, 4.69) is 16.0 Å². The van der Waals surface area contributed by atoms with Gasteiger partial charge < -0.3 is 9.52 Å². The molecule has 0 aliphatic rings. The summed E-state index contributed by atoms with van der Waals surface area (Å²) in [6.45, 7) is 0.118. The summed E-state index contributed by atoms with van der Waals surface area (Å²) in [6, 6.07) is 12.7. The molecule has 4 rings (SSSR count). The Balaban J connectivity index is 1.31. The first-order valence-corrected chi connectivity index (χ1v) is 10.0. The molecule has 2 heterocycles. The van der Waals surface area contributed by atoms with Crippen molar-refractivity contribution in [2.75, 3.05) is 0 Å². The molecule has 0 fully saturated rings.